The number of esters is 1. The van der Waals surface area contributed by atoms with Crippen molar-refractivity contribution >= 4 is 11.8 Å². The number of ketones is 1. The summed E-state index contributed by atoms with van der Waals surface area (Å²) in [5, 5.41) is 3.16. The summed E-state index contributed by atoms with van der Waals surface area (Å²) in [6.45, 7) is 0.948. The van der Waals surface area contributed by atoms with Crippen LogP contribution in [-0.2, 0) is 4.79 Å². The molecule has 0 aliphatic carbocycles. The Balaban J connectivity index is 2.97. The van der Waals surface area contributed by atoms with Crippen LogP contribution in [0.25, 0.3) is 10.4 Å². The number of hydrogen-bond acceptors (Lipinski definition) is 4. The van der Waals surface area contributed by atoms with Crippen LogP contribution in [0.4, 0.5) is 0 Å². The van der Waals surface area contributed by atoms with Crippen LogP contribution in [-0.4, -0.2) is 18.3 Å². The number of para-hydroxylation sites is 1. The van der Waals surface area contributed by atoms with Gasteiger partial charge < -0.3 is 4.74 Å². The lowest BCUT2D eigenvalue weighted by atomic mass is 10.1. The zero-order valence-corrected chi connectivity index (χ0v) is 8.58. The number of carbonyl (C=O) groups is 2. The van der Waals surface area contributed by atoms with E-state index in [1.807, 2.05) is 0 Å². The van der Waals surface area contributed by atoms with E-state index in [9.17, 15) is 9.59 Å². The third-order valence-electron chi connectivity index (χ3n) is 1.72. The molecule has 0 amide bonds. The van der Waals surface area contributed by atoms with Gasteiger partial charge in [0.1, 0.15) is 5.75 Å². The highest BCUT2D eigenvalue weighted by molar-refractivity contribution is 6.00. The van der Waals surface area contributed by atoms with E-state index in [2.05, 4.69) is 10.0 Å². The summed E-state index contributed by atoms with van der Waals surface area (Å²) in [4.78, 5) is 24.8. The molecule has 1 rings (SSSR count). The summed E-state index contributed by atoms with van der Waals surface area (Å²) in [6.07, 6.45) is 0. The zero-order chi connectivity index (χ0) is 12.0. The molecule has 0 N–H and O–H groups in total. The third-order valence-corrected chi connectivity index (χ3v) is 1.72. The van der Waals surface area contributed by atoms with Gasteiger partial charge in [-0.15, -0.1) is 0 Å². The highest BCUT2D eigenvalue weighted by atomic mass is 16.5. The van der Waals surface area contributed by atoms with Crippen molar-refractivity contribution in [3.05, 3.63) is 40.3 Å². The van der Waals surface area contributed by atoms with Crippen LogP contribution in [0.2, 0.25) is 0 Å². The lowest BCUT2D eigenvalue weighted by Crippen LogP contribution is -2.09. The van der Waals surface area contributed by atoms with Gasteiger partial charge in [-0.2, -0.15) is 0 Å². The Hall–Kier alpha value is -2.33. The van der Waals surface area contributed by atoms with E-state index in [4.69, 9.17) is 10.3 Å². The molecule has 0 aromatic heterocycles. The number of nitrogens with zero attached hydrogens (tertiary/aromatic N) is 3. The number of hydrogen-bond donors (Lipinski definition) is 0. The highest BCUT2D eigenvalue weighted by Crippen LogP contribution is 2.18. The summed E-state index contributed by atoms with van der Waals surface area (Å²) in [5.74, 6) is -0.730. The van der Waals surface area contributed by atoms with Crippen molar-refractivity contribution in [2.24, 2.45) is 5.11 Å². The second kappa shape index (κ2) is 5.53. The summed E-state index contributed by atoms with van der Waals surface area (Å²) in [5.41, 5.74) is 8.32. The molecule has 0 saturated carbocycles. The maximum Gasteiger partial charge on any atom is 0.308 e. The Morgan fingerprint density at radius 1 is 1.44 bits per heavy atom. The number of rotatable bonds is 4. The van der Waals surface area contributed by atoms with Crippen LogP contribution in [0.15, 0.2) is 29.4 Å². The first-order chi connectivity index (χ1) is 7.65. The number of carbonyl (C=O) groups excluding carboxylic acids is 2. The molecule has 0 spiro atoms. The fraction of sp³-hybridized carbons (Fsp3) is 0.200. The van der Waals surface area contributed by atoms with Gasteiger partial charge in [0.05, 0.1) is 12.1 Å². The molecule has 0 aliphatic rings. The van der Waals surface area contributed by atoms with Crippen LogP contribution in [0.1, 0.15) is 17.3 Å². The molecule has 1 aromatic rings. The molecular formula is C10H9N3O3. The molecule has 0 radical (unpaired) electrons. The number of benzene rings is 1. The minimum Gasteiger partial charge on any atom is -0.426 e. The van der Waals surface area contributed by atoms with Crippen molar-refractivity contribution in [1.82, 2.24) is 0 Å². The fourth-order valence-electron chi connectivity index (χ4n) is 1.12. The van der Waals surface area contributed by atoms with Gasteiger partial charge in [-0.05, 0) is 17.7 Å². The van der Waals surface area contributed by atoms with Crippen molar-refractivity contribution in [2.75, 3.05) is 6.54 Å². The molecule has 1 aromatic carbocycles. The first-order valence-electron chi connectivity index (χ1n) is 4.46. The summed E-state index contributed by atoms with van der Waals surface area (Å²) in [6, 6.07) is 6.29. The van der Waals surface area contributed by atoms with E-state index in [0.29, 0.717) is 0 Å². The zero-order valence-electron chi connectivity index (χ0n) is 8.58. The quantitative estimate of drug-likeness (QED) is 0.194. The number of azide groups is 1. The van der Waals surface area contributed by atoms with E-state index >= 15 is 0 Å². The Kier molecular flexibility index (Phi) is 4.06. The van der Waals surface area contributed by atoms with Crippen molar-refractivity contribution in [3.63, 3.8) is 0 Å². The van der Waals surface area contributed by atoms with Gasteiger partial charge in [0.2, 0.25) is 0 Å². The molecular weight excluding hydrogens is 210 g/mol. The highest BCUT2D eigenvalue weighted by Gasteiger charge is 2.12. The Morgan fingerprint density at radius 2 is 2.12 bits per heavy atom. The van der Waals surface area contributed by atoms with Gasteiger partial charge in [-0.1, -0.05) is 17.2 Å². The molecule has 0 saturated heterocycles. The van der Waals surface area contributed by atoms with E-state index in [-0.39, 0.29) is 17.9 Å². The first-order valence-corrected chi connectivity index (χ1v) is 4.46. The van der Waals surface area contributed by atoms with Crippen molar-refractivity contribution in [2.45, 2.75) is 6.92 Å². The normalized spacial score (nSPS) is 9.06. The molecule has 6 heteroatoms. The average molecular weight is 219 g/mol. The predicted molar refractivity (Wildman–Crippen MR) is 56.1 cm³/mol. The van der Waals surface area contributed by atoms with Crippen LogP contribution in [0, 0.1) is 0 Å². The Labute approximate surface area is 91.5 Å². The smallest absolute Gasteiger partial charge is 0.308 e. The molecule has 0 atom stereocenters. The summed E-state index contributed by atoms with van der Waals surface area (Å²) < 4.78 is 4.85. The number of Topliss-reactive ketones (excluding diaryl/α,β-unsaturated/α-hetero) is 1. The second-order valence-electron chi connectivity index (χ2n) is 2.90. The molecule has 0 aliphatic heterocycles. The third kappa shape index (κ3) is 3.11. The van der Waals surface area contributed by atoms with E-state index in [1.54, 1.807) is 12.1 Å². The molecule has 16 heavy (non-hydrogen) atoms. The van der Waals surface area contributed by atoms with Crippen molar-refractivity contribution in [3.8, 4) is 5.75 Å². The minimum absolute atomic E-state index is 0.174. The van der Waals surface area contributed by atoms with E-state index in [1.165, 1.54) is 19.1 Å². The Bertz CT molecular complexity index is 464. The first kappa shape index (κ1) is 11.7. The molecule has 0 heterocycles. The second-order valence-corrected chi connectivity index (χ2v) is 2.90. The average Bonchev–Trinajstić information content (AvgIpc) is 2.26. The lowest BCUT2D eigenvalue weighted by Gasteiger charge is -2.05. The van der Waals surface area contributed by atoms with Gasteiger partial charge in [0.25, 0.3) is 0 Å². The monoisotopic (exact) mass is 219 g/mol. The maximum atomic E-state index is 11.5. The molecule has 0 fully saturated rings. The van der Waals surface area contributed by atoms with Gasteiger partial charge in [0, 0.05) is 11.8 Å². The van der Waals surface area contributed by atoms with Crippen LogP contribution < -0.4 is 4.74 Å². The van der Waals surface area contributed by atoms with Crippen LogP contribution in [0.5, 0.6) is 5.75 Å². The van der Waals surface area contributed by atoms with E-state index in [0.717, 1.165) is 0 Å². The topological polar surface area (TPSA) is 92.1 Å². The summed E-state index contributed by atoms with van der Waals surface area (Å²) >= 11 is 0. The van der Waals surface area contributed by atoms with Gasteiger partial charge >= 0.3 is 5.97 Å². The van der Waals surface area contributed by atoms with Gasteiger partial charge in [-0.25, -0.2) is 0 Å². The lowest BCUT2D eigenvalue weighted by molar-refractivity contribution is -0.131. The molecule has 6 nitrogen and oxygen atoms in total. The summed E-state index contributed by atoms with van der Waals surface area (Å²) in [7, 11) is 0. The van der Waals surface area contributed by atoms with Crippen LogP contribution >= 0.6 is 0 Å². The van der Waals surface area contributed by atoms with Crippen LogP contribution in [0.3, 0.4) is 0 Å². The molecule has 0 unspecified atom stereocenters. The number of ether oxygens (including phenoxy) is 1. The minimum atomic E-state index is -0.510. The van der Waals surface area contributed by atoms with Gasteiger partial charge in [0.15, 0.2) is 5.78 Å². The predicted octanol–water partition coefficient (Wildman–Crippen LogP) is 2.10. The standard InChI is InChI=1S/C10H9N3O3/c1-7(14)16-10-5-3-2-4-8(10)9(15)6-12-13-11/h2-5H,6H2,1H3. The SMILES string of the molecule is CC(=O)Oc1ccccc1C(=O)CN=[N+]=[N-]. The largest absolute Gasteiger partial charge is 0.426 e. The maximum absolute atomic E-state index is 11.5. The Morgan fingerprint density at radius 3 is 2.75 bits per heavy atom. The molecule has 0 bridgehead atoms. The van der Waals surface area contributed by atoms with Crippen molar-refractivity contribution < 1.29 is 14.3 Å². The van der Waals surface area contributed by atoms with Crippen molar-refractivity contribution in [1.29, 1.82) is 0 Å². The fourth-order valence-corrected chi connectivity index (χ4v) is 1.12. The molecule has 82 valence electrons. The van der Waals surface area contributed by atoms with E-state index < -0.39 is 11.8 Å². The van der Waals surface area contributed by atoms with Gasteiger partial charge in [-0.3, -0.25) is 9.59 Å².